The topological polar surface area (TPSA) is 58.6 Å². The highest BCUT2D eigenvalue weighted by molar-refractivity contribution is 6.35. The number of nitrogens with zero attached hydrogens (tertiary/aromatic N) is 1. The Balaban J connectivity index is 1.73. The Bertz CT molecular complexity index is 996. The molecule has 2 amide bonds. The van der Waals surface area contributed by atoms with Crippen molar-refractivity contribution in [2.45, 2.75) is 77.4 Å². The summed E-state index contributed by atoms with van der Waals surface area (Å²) in [5.41, 5.74) is 1.93. The van der Waals surface area contributed by atoms with Gasteiger partial charge in [0.05, 0.1) is 0 Å². The van der Waals surface area contributed by atoms with E-state index >= 15 is 0 Å². The molecule has 0 aromatic heterocycles. The molecule has 0 radical (unpaired) electrons. The van der Waals surface area contributed by atoms with E-state index in [2.05, 4.69) is 26.1 Å². The van der Waals surface area contributed by atoms with Crippen LogP contribution in [0, 0.1) is 0 Å². The van der Waals surface area contributed by atoms with Gasteiger partial charge in [-0.2, -0.15) is 0 Å². The summed E-state index contributed by atoms with van der Waals surface area (Å²) in [6.45, 7) is 8.17. The van der Waals surface area contributed by atoms with Gasteiger partial charge in [-0.15, -0.1) is 0 Å². The Kier molecular flexibility index (Phi) is 8.89. The maximum atomic E-state index is 13.3. The van der Waals surface area contributed by atoms with Gasteiger partial charge >= 0.3 is 0 Å². The fourth-order valence-corrected chi connectivity index (χ4v) is 4.56. The summed E-state index contributed by atoms with van der Waals surface area (Å²) >= 11 is 12.4. The Morgan fingerprint density at radius 1 is 1.09 bits per heavy atom. The zero-order chi connectivity index (χ0) is 24.9. The number of nitrogens with one attached hydrogen (secondary N) is 1. The molecule has 5 nitrogen and oxygen atoms in total. The smallest absolute Gasteiger partial charge is 0.261 e. The highest BCUT2D eigenvalue weighted by Gasteiger charge is 2.29. The quantitative estimate of drug-likeness (QED) is 0.469. The van der Waals surface area contributed by atoms with Crippen LogP contribution >= 0.6 is 23.2 Å². The molecule has 0 aliphatic heterocycles. The summed E-state index contributed by atoms with van der Waals surface area (Å²) in [4.78, 5) is 27.8. The van der Waals surface area contributed by atoms with E-state index in [4.69, 9.17) is 27.9 Å². The molecule has 0 unspecified atom stereocenters. The summed E-state index contributed by atoms with van der Waals surface area (Å²) in [6.07, 6.45) is 4.18. The minimum Gasteiger partial charge on any atom is -0.484 e. The highest BCUT2D eigenvalue weighted by Crippen LogP contribution is 2.26. The maximum Gasteiger partial charge on any atom is 0.261 e. The van der Waals surface area contributed by atoms with E-state index in [-0.39, 0.29) is 36.4 Å². The standard InChI is InChI=1S/C27H34Cl2N2O3/c1-18(26(33)30-22-7-5-6-8-22)31(16-19-9-12-21(28)15-24(19)29)25(32)17-34-23-13-10-20(11-14-23)27(2,3)4/h9-15,18,22H,5-8,16-17H2,1-4H3,(H,30,33)/t18-/m0/s1. The van der Waals surface area contributed by atoms with Gasteiger partial charge in [0.25, 0.3) is 5.91 Å². The Morgan fingerprint density at radius 2 is 1.74 bits per heavy atom. The van der Waals surface area contributed by atoms with E-state index in [0.29, 0.717) is 15.8 Å². The van der Waals surface area contributed by atoms with Crippen LogP contribution in [0.1, 0.15) is 64.5 Å². The largest absolute Gasteiger partial charge is 0.484 e. The molecule has 34 heavy (non-hydrogen) atoms. The van der Waals surface area contributed by atoms with E-state index in [1.54, 1.807) is 25.1 Å². The molecule has 0 heterocycles. The lowest BCUT2D eigenvalue weighted by atomic mass is 9.87. The van der Waals surface area contributed by atoms with E-state index in [9.17, 15) is 9.59 Å². The van der Waals surface area contributed by atoms with Gasteiger partial charge < -0.3 is 15.0 Å². The van der Waals surface area contributed by atoms with Gasteiger partial charge in [0.15, 0.2) is 6.61 Å². The van der Waals surface area contributed by atoms with E-state index in [1.165, 1.54) is 10.5 Å². The van der Waals surface area contributed by atoms with Crippen LogP contribution in [-0.2, 0) is 21.5 Å². The monoisotopic (exact) mass is 504 g/mol. The van der Waals surface area contributed by atoms with Gasteiger partial charge in [0.2, 0.25) is 5.91 Å². The summed E-state index contributed by atoms with van der Waals surface area (Å²) in [5, 5.41) is 4.06. The van der Waals surface area contributed by atoms with Gasteiger partial charge in [-0.25, -0.2) is 0 Å². The predicted octanol–water partition coefficient (Wildman–Crippen LogP) is 6.15. The van der Waals surface area contributed by atoms with Crippen LogP contribution in [-0.4, -0.2) is 35.4 Å². The average Bonchev–Trinajstić information content (AvgIpc) is 3.29. The molecular formula is C27H34Cl2N2O3. The van der Waals surface area contributed by atoms with Crippen molar-refractivity contribution in [3.63, 3.8) is 0 Å². The molecule has 3 rings (SSSR count). The van der Waals surface area contributed by atoms with Crippen LogP contribution in [0.25, 0.3) is 0 Å². The van der Waals surface area contributed by atoms with Crippen molar-refractivity contribution >= 4 is 35.0 Å². The number of amides is 2. The first-order valence-electron chi connectivity index (χ1n) is 11.8. The first-order chi connectivity index (χ1) is 16.0. The molecular weight excluding hydrogens is 471 g/mol. The van der Waals surface area contributed by atoms with Gasteiger partial charge in [0.1, 0.15) is 11.8 Å². The Hall–Kier alpha value is -2.24. The summed E-state index contributed by atoms with van der Waals surface area (Å²) < 4.78 is 5.79. The Labute approximate surface area is 212 Å². The fourth-order valence-electron chi connectivity index (χ4n) is 4.09. The average molecular weight is 505 g/mol. The van der Waals surface area contributed by atoms with E-state index in [0.717, 1.165) is 31.2 Å². The van der Waals surface area contributed by atoms with Crippen molar-refractivity contribution in [1.82, 2.24) is 10.2 Å². The van der Waals surface area contributed by atoms with Crippen LogP contribution in [0.2, 0.25) is 10.0 Å². The first-order valence-corrected chi connectivity index (χ1v) is 12.6. The third-order valence-electron chi connectivity index (χ3n) is 6.31. The lowest BCUT2D eigenvalue weighted by Crippen LogP contribution is -2.50. The number of halogens is 2. The molecule has 1 aliphatic rings. The van der Waals surface area contributed by atoms with Gasteiger partial charge in [-0.3, -0.25) is 9.59 Å². The SMILES string of the molecule is C[C@@H](C(=O)NC1CCCC1)N(Cc1ccc(Cl)cc1Cl)C(=O)COc1ccc(C(C)(C)C)cc1. The number of benzene rings is 2. The van der Waals surface area contributed by atoms with Crippen LogP contribution < -0.4 is 10.1 Å². The van der Waals surface area contributed by atoms with Crippen LogP contribution in [0.5, 0.6) is 5.75 Å². The van der Waals surface area contributed by atoms with Crippen LogP contribution in [0.3, 0.4) is 0 Å². The second-order valence-electron chi connectivity index (χ2n) is 9.99. The van der Waals surface area contributed by atoms with Crippen molar-refractivity contribution in [2.75, 3.05) is 6.61 Å². The predicted molar refractivity (Wildman–Crippen MR) is 138 cm³/mol. The van der Waals surface area contributed by atoms with Crippen molar-refractivity contribution < 1.29 is 14.3 Å². The second kappa shape index (κ2) is 11.5. The molecule has 2 aromatic rings. The number of carbonyl (C=O) groups excluding carboxylic acids is 2. The number of carbonyl (C=O) groups is 2. The van der Waals surface area contributed by atoms with Crippen molar-refractivity contribution in [2.24, 2.45) is 0 Å². The minimum absolute atomic E-state index is 0.0328. The maximum absolute atomic E-state index is 13.3. The molecule has 1 saturated carbocycles. The van der Waals surface area contributed by atoms with Crippen molar-refractivity contribution in [1.29, 1.82) is 0 Å². The number of rotatable bonds is 8. The number of ether oxygens (including phenoxy) is 1. The van der Waals surface area contributed by atoms with Gasteiger partial charge in [-0.05, 0) is 60.6 Å². The molecule has 1 atom stereocenters. The molecule has 0 bridgehead atoms. The lowest BCUT2D eigenvalue weighted by molar-refractivity contribution is -0.142. The zero-order valence-corrected chi connectivity index (χ0v) is 21.9. The first kappa shape index (κ1) is 26.4. The van der Waals surface area contributed by atoms with Crippen molar-refractivity contribution in [3.05, 3.63) is 63.6 Å². The van der Waals surface area contributed by atoms with Crippen LogP contribution in [0.4, 0.5) is 0 Å². The number of hydrogen-bond donors (Lipinski definition) is 1. The second-order valence-corrected chi connectivity index (χ2v) is 10.8. The summed E-state index contributed by atoms with van der Waals surface area (Å²) in [5.74, 6) is 0.147. The zero-order valence-electron chi connectivity index (χ0n) is 20.4. The lowest BCUT2D eigenvalue weighted by Gasteiger charge is -2.30. The van der Waals surface area contributed by atoms with Gasteiger partial charge in [-0.1, -0.05) is 75.0 Å². The third kappa shape index (κ3) is 7.13. The molecule has 0 saturated heterocycles. The van der Waals surface area contributed by atoms with Crippen LogP contribution in [0.15, 0.2) is 42.5 Å². The molecule has 0 spiro atoms. The van der Waals surface area contributed by atoms with E-state index in [1.807, 2.05) is 24.3 Å². The summed E-state index contributed by atoms with van der Waals surface area (Å²) in [6, 6.07) is 12.4. The Morgan fingerprint density at radius 3 is 2.32 bits per heavy atom. The molecule has 1 aliphatic carbocycles. The molecule has 1 N–H and O–H groups in total. The molecule has 7 heteroatoms. The number of hydrogen-bond acceptors (Lipinski definition) is 3. The highest BCUT2D eigenvalue weighted by atomic mass is 35.5. The van der Waals surface area contributed by atoms with E-state index < -0.39 is 6.04 Å². The molecule has 1 fully saturated rings. The minimum atomic E-state index is -0.674. The third-order valence-corrected chi connectivity index (χ3v) is 6.89. The molecule has 2 aromatic carbocycles. The normalized spacial score (nSPS) is 15.1. The molecule has 184 valence electrons. The van der Waals surface area contributed by atoms with Gasteiger partial charge in [0, 0.05) is 22.6 Å². The van der Waals surface area contributed by atoms with Crippen molar-refractivity contribution in [3.8, 4) is 5.75 Å². The summed E-state index contributed by atoms with van der Waals surface area (Å²) in [7, 11) is 0. The fraction of sp³-hybridized carbons (Fsp3) is 0.481.